The zero-order chi connectivity index (χ0) is 13.3. The summed E-state index contributed by atoms with van der Waals surface area (Å²) in [6, 6.07) is 0. The van der Waals surface area contributed by atoms with Gasteiger partial charge in [-0.1, -0.05) is 0 Å². The van der Waals surface area contributed by atoms with Crippen molar-refractivity contribution < 1.29 is 4.79 Å². The van der Waals surface area contributed by atoms with Gasteiger partial charge in [0.1, 0.15) is 5.01 Å². The predicted molar refractivity (Wildman–Crippen MR) is 73.5 cm³/mol. The lowest BCUT2D eigenvalue weighted by Crippen LogP contribution is -2.49. The molecule has 0 atom stereocenters. The number of hydrogen-bond acceptors (Lipinski definition) is 4. The van der Waals surface area contributed by atoms with Crippen LogP contribution >= 0.6 is 11.3 Å². The maximum atomic E-state index is 12.0. The fraction of sp³-hybridized carbons (Fsp3) is 0.692. The highest BCUT2D eigenvalue weighted by Crippen LogP contribution is 2.27. The van der Waals surface area contributed by atoms with Crippen molar-refractivity contribution in [2.75, 3.05) is 7.05 Å². The Morgan fingerprint density at radius 3 is 2.72 bits per heavy atom. The van der Waals surface area contributed by atoms with Crippen molar-refractivity contribution in [1.29, 1.82) is 0 Å². The quantitative estimate of drug-likeness (QED) is 0.907. The topological polar surface area (TPSA) is 59.2 Å². The van der Waals surface area contributed by atoms with Gasteiger partial charge in [0, 0.05) is 11.9 Å². The van der Waals surface area contributed by atoms with Crippen molar-refractivity contribution in [3.8, 4) is 0 Å². The van der Waals surface area contributed by atoms with Gasteiger partial charge in [0.25, 0.3) is 0 Å². The van der Waals surface area contributed by atoms with Crippen LogP contribution < -0.4 is 5.73 Å². The highest BCUT2D eigenvalue weighted by atomic mass is 32.1. The molecule has 18 heavy (non-hydrogen) atoms. The summed E-state index contributed by atoms with van der Waals surface area (Å²) >= 11 is 1.75. The number of likely N-dealkylation sites (N-methyl/N-ethyl adjacent to an activating group) is 1. The van der Waals surface area contributed by atoms with Crippen molar-refractivity contribution in [2.45, 2.75) is 51.6 Å². The molecule has 0 unspecified atom stereocenters. The Bertz CT molecular complexity index is 424. The van der Waals surface area contributed by atoms with Gasteiger partial charge in [0.05, 0.1) is 17.8 Å². The molecule has 0 saturated heterocycles. The van der Waals surface area contributed by atoms with Crippen LogP contribution in [0.2, 0.25) is 0 Å². The summed E-state index contributed by atoms with van der Waals surface area (Å²) in [5.74, 6) is -0.0457. The number of carbonyl (C=O) groups is 1. The standard InChI is InChI=1S/C13H21N3OS/c1-13(2,14)12(17)16(3)8-11-15-9-6-4-5-7-10(9)18-11/h4-8,14H2,1-3H3. The van der Waals surface area contributed by atoms with E-state index in [0.717, 1.165) is 17.8 Å². The molecule has 100 valence electrons. The summed E-state index contributed by atoms with van der Waals surface area (Å²) in [6.07, 6.45) is 4.74. The zero-order valence-electron chi connectivity index (χ0n) is 11.3. The van der Waals surface area contributed by atoms with Gasteiger partial charge in [-0.25, -0.2) is 4.98 Å². The zero-order valence-corrected chi connectivity index (χ0v) is 12.1. The number of aromatic nitrogens is 1. The first-order valence-corrected chi connectivity index (χ1v) is 7.21. The maximum absolute atomic E-state index is 12.0. The Morgan fingerprint density at radius 2 is 2.11 bits per heavy atom. The molecule has 1 amide bonds. The molecule has 4 nitrogen and oxygen atoms in total. The monoisotopic (exact) mass is 267 g/mol. The van der Waals surface area contributed by atoms with Crippen molar-refractivity contribution in [2.24, 2.45) is 5.73 Å². The second kappa shape index (κ2) is 4.97. The summed E-state index contributed by atoms with van der Waals surface area (Å²) in [5, 5.41) is 1.03. The lowest BCUT2D eigenvalue weighted by molar-refractivity contribution is -0.135. The molecule has 0 bridgehead atoms. The lowest BCUT2D eigenvalue weighted by Gasteiger charge is -2.25. The predicted octanol–water partition coefficient (Wildman–Crippen LogP) is 1.72. The molecule has 0 radical (unpaired) electrons. The summed E-state index contributed by atoms with van der Waals surface area (Å²) in [4.78, 5) is 19.7. The van der Waals surface area contributed by atoms with Crippen LogP contribution in [-0.4, -0.2) is 28.4 Å². The molecule has 2 N–H and O–H groups in total. The average Bonchev–Trinajstić information content (AvgIpc) is 2.68. The van der Waals surface area contributed by atoms with Crippen molar-refractivity contribution in [3.05, 3.63) is 15.6 Å². The SMILES string of the molecule is CN(Cc1nc2c(s1)CCCC2)C(=O)C(C)(C)N. The molecule has 1 heterocycles. The van der Waals surface area contributed by atoms with Crippen LogP contribution in [0.4, 0.5) is 0 Å². The number of nitrogens with two attached hydrogens (primary N) is 1. The molecule has 1 aliphatic rings. The Labute approximate surface area is 112 Å². The fourth-order valence-corrected chi connectivity index (χ4v) is 3.45. The molecule has 1 aromatic rings. The minimum Gasteiger partial charge on any atom is -0.337 e. The van der Waals surface area contributed by atoms with E-state index in [2.05, 4.69) is 4.98 Å². The number of thiazole rings is 1. The molecule has 0 aliphatic heterocycles. The number of aryl methyl sites for hydroxylation is 2. The second-order valence-electron chi connectivity index (χ2n) is 5.57. The molecular formula is C13H21N3OS. The van der Waals surface area contributed by atoms with Crippen LogP contribution in [-0.2, 0) is 24.2 Å². The molecule has 0 saturated carbocycles. The number of nitrogens with zero attached hydrogens (tertiary/aromatic N) is 2. The highest BCUT2D eigenvalue weighted by Gasteiger charge is 2.26. The molecule has 0 spiro atoms. The first kappa shape index (κ1) is 13.5. The van der Waals surface area contributed by atoms with Gasteiger partial charge in [-0.15, -0.1) is 11.3 Å². The van der Waals surface area contributed by atoms with Gasteiger partial charge in [-0.3, -0.25) is 4.79 Å². The first-order chi connectivity index (χ1) is 8.38. The van der Waals surface area contributed by atoms with E-state index in [-0.39, 0.29) is 5.91 Å². The van der Waals surface area contributed by atoms with Gasteiger partial charge in [-0.05, 0) is 39.5 Å². The summed E-state index contributed by atoms with van der Waals surface area (Å²) in [6.45, 7) is 4.04. The Kier molecular flexibility index (Phi) is 3.73. The number of carbonyl (C=O) groups excluding carboxylic acids is 1. The fourth-order valence-electron chi connectivity index (χ4n) is 2.24. The Morgan fingerprint density at radius 1 is 1.44 bits per heavy atom. The van der Waals surface area contributed by atoms with E-state index >= 15 is 0 Å². The van der Waals surface area contributed by atoms with E-state index in [1.807, 2.05) is 0 Å². The number of rotatable bonds is 3. The maximum Gasteiger partial charge on any atom is 0.242 e. The Balaban J connectivity index is 2.05. The van der Waals surface area contributed by atoms with Gasteiger partial charge in [0.15, 0.2) is 0 Å². The smallest absolute Gasteiger partial charge is 0.242 e. The van der Waals surface area contributed by atoms with E-state index in [1.165, 1.54) is 23.4 Å². The first-order valence-electron chi connectivity index (χ1n) is 6.40. The van der Waals surface area contributed by atoms with Crippen LogP contribution in [0.5, 0.6) is 0 Å². The number of fused-ring (bicyclic) bond motifs is 1. The van der Waals surface area contributed by atoms with Crippen molar-refractivity contribution >= 4 is 17.2 Å². The van der Waals surface area contributed by atoms with Crippen LogP contribution in [0.1, 0.15) is 42.3 Å². The van der Waals surface area contributed by atoms with Crippen molar-refractivity contribution in [3.63, 3.8) is 0 Å². The minimum absolute atomic E-state index is 0.0457. The largest absolute Gasteiger partial charge is 0.337 e. The number of hydrogen-bond donors (Lipinski definition) is 1. The van der Waals surface area contributed by atoms with Crippen molar-refractivity contribution in [1.82, 2.24) is 9.88 Å². The van der Waals surface area contributed by atoms with Gasteiger partial charge < -0.3 is 10.6 Å². The normalized spacial score (nSPS) is 15.3. The molecule has 1 aliphatic carbocycles. The molecule has 1 aromatic heterocycles. The summed E-state index contributed by atoms with van der Waals surface area (Å²) < 4.78 is 0. The molecule has 0 aromatic carbocycles. The van der Waals surface area contributed by atoms with Crippen LogP contribution in [0.3, 0.4) is 0 Å². The van der Waals surface area contributed by atoms with Gasteiger partial charge >= 0.3 is 0 Å². The van der Waals surface area contributed by atoms with E-state index in [4.69, 9.17) is 5.73 Å². The number of amides is 1. The minimum atomic E-state index is -0.814. The van der Waals surface area contributed by atoms with Crippen LogP contribution in [0.15, 0.2) is 0 Å². The summed E-state index contributed by atoms with van der Waals surface area (Å²) in [5.41, 5.74) is 6.25. The molecule has 2 rings (SSSR count). The Hall–Kier alpha value is -0.940. The van der Waals surface area contributed by atoms with Crippen LogP contribution in [0, 0.1) is 0 Å². The third kappa shape index (κ3) is 2.90. The van der Waals surface area contributed by atoms with Gasteiger partial charge in [-0.2, -0.15) is 0 Å². The highest BCUT2D eigenvalue weighted by molar-refractivity contribution is 7.11. The van der Waals surface area contributed by atoms with E-state index in [0.29, 0.717) is 6.54 Å². The third-order valence-electron chi connectivity index (χ3n) is 3.16. The molecule has 5 heteroatoms. The lowest BCUT2D eigenvalue weighted by atomic mass is 10.0. The second-order valence-corrected chi connectivity index (χ2v) is 6.74. The summed E-state index contributed by atoms with van der Waals surface area (Å²) in [7, 11) is 1.79. The molecule has 0 fully saturated rings. The van der Waals surface area contributed by atoms with Crippen LogP contribution in [0.25, 0.3) is 0 Å². The third-order valence-corrected chi connectivity index (χ3v) is 4.30. The van der Waals surface area contributed by atoms with E-state index in [1.54, 1.807) is 37.1 Å². The average molecular weight is 267 g/mol. The molecular weight excluding hydrogens is 246 g/mol. The van der Waals surface area contributed by atoms with Gasteiger partial charge in [0.2, 0.25) is 5.91 Å². The van der Waals surface area contributed by atoms with E-state index in [9.17, 15) is 4.79 Å². The van der Waals surface area contributed by atoms with E-state index < -0.39 is 5.54 Å².